The third-order valence-corrected chi connectivity index (χ3v) is 8.86. The van der Waals surface area contributed by atoms with E-state index in [1.54, 1.807) is 0 Å². The average Bonchev–Trinajstić information content (AvgIpc) is 3.28. The molecule has 0 radical (unpaired) electrons. The summed E-state index contributed by atoms with van der Waals surface area (Å²) >= 11 is 0. The maximum absolute atomic E-state index is 2.62. The number of benzene rings is 2. The van der Waals surface area contributed by atoms with Crippen LogP contribution in [0.15, 0.2) is 36.4 Å². The summed E-state index contributed by atoms with van der Waals surface area (Å²) in [5.41, 5.74) is 18.1. The van der Waals surface area contributed by atoms with Crippen LogP contribution in [0.25, 0.3) is 28.0 Å². The lowest BCUT2D eigenvalue weighted by molar-refractivity contribution is -0.707. The topological polar surface area (TPSA) is 8.29 Å². The van der Waals surface area contributed by atoms with E-state index in [9.17, 15) is 0 Å². The molecular weight excluding hydrogens is 388 g/mol. The average molecular weight is 422 g/mol. The Balaban J connectivity index is 1.76. The number of nitrogens with zero attached hydrogens (tertiary/aromatic N) is 2. The minimum Gasteiger partial charge on any atom is -0.213 e. The van der Waals surface area contributed by atoms with Crippen LogP contribution in [0.2, 0.25) is 0 Å². The van der Waals surface area contributed by atoms with E-state index in [-0.39, 0.29) is 11.0 Å². The molecule has 0 unspecified atom stereocenters. The van der Waals surface area contributed by atoms with E-state index in [1.807, 2.05) is 0 Å². The molecular formula is C30H33N2+. The molecule has 3 heterocycles. The molecule has 2 nitrogen and oxygen atoms in total. The molecule has 1 aliphatic heterocycles. The molecule has 0 amide bonds. The summed E-state index contributed by atoms with van der Waals surface area (Å²) in [6, 6.07) is 14.0. The van der Waals surface area contributed by atoms with Crippen molar-refractivity contribution < 1.29 is 4.57 Å². The predicted molar refractivity (Wildman–Crippen MR) is 133 cm³/mol. The van der Waals surface area contributed by atoms with Gasteiger partial charge in [0.1, 0.15) is 11.2 Å². The summed E-state index contributed by atoms with van der Waals surface area (Å²) in [5.74, 6) is 0. The molecule has 4 aromatic rings. The molecule has 0 N–H and O–H groups in total. The lowest BCUT2D eigenvalue weighted by Gasteiger charge is -2.23. The van der Waals surface area contributed by atoms with Crippen molar-refractivity contribution in [1.82, 2.24) is 4.40 Å². The van der Waals surface area contributed by atoms with Gasteiger partial charge >= 0.3 is 0 Å². The quantitative estimate of drug-likeness (QED) is 0.275. The predicted octanol–water partition coefficient (Wildman–Crippen LogP) is 6.84. The number of hydrogen-bond acceptors (Lipinski definition) is 0. The van der Waals surface area contributed by atoms with Gasteiger partial charge in [0.2, 0.25) is 0 Å². The van der Waals surface area contributed by atoms with Gasteiger partial charge in [-0.2, -0.15) is 4.40 Å². The number of aromatic nitrogens is 2. The van der Waals surface area contributed by atoms with Crippen molar-refractivity contribution in [3.05, 3.63) is 81.2 Å². The largest absolute Gasteiger partial charge is 0.291 e. The fourth-order valence-corrected chi connectivity index (χ4v) is 6.70. The van der Waals surface area contributed by atoms with Crippen LogP contribution >= 0.6 is 0 Å². The summed E-state index contributed by atoms with van der Waals surface area (Å²) in [6.45, 7) is 20.9. The number of hydrogen-bond donors (Lipinski definition) is 0. The minimum absolute atomic E-state index is 0.0184. The van der Waals surface area contributed by atoms with Gasteiger partial charge in [-0.1, -0.05) is 38.1 Å². The summed E-state index contributed by atoms with van der Waals surface area (Å²) in [6.07, 6.45) is 0. The molecule has 2 aromatic heterocycles. The van der Waals surface area contributed by atoms with Crippen LogP contribution in [-0.4, -0.2) is 4.40 Å². The highest BCUT2D eigenvalue weighted by Crippen LogP contribution is 2.53. The number of imidazole rings is 1. The number of pyridine rings is 1. The molecule has 32 heavy (non-hydrogen) atoms. The van der Waals surface area contributed by atoms with Crippen molar-refractivity contribution in [2.45, 2.75) is 73.3 Å². The molecule has 0 saturated carbocycles. The van der Waals surface area contributed by atoms with Crippen molar-refractivity contribution in [1.29, 1.82) is 0 Å². The Morgan fingerprint density at radius 1 is 0.656 bits per heavy atom. The zero-order valence-corrected chi connectivity index (χ0v) is 20.9. The number of rotatable bonds is 0. The first kappa shape index (κ1) is 19.8. The highest BCUT2D eigenvalue weighted by molar-refractivity contribution is 5.86. The van der Waals surface area contributed by atoms with Crippen LogP contribution in [0.5, 0.6) is 0 Å². The molecule has 162 valence electrons. The Kier molecular flexibility index (Phi) is 3.54. The first-order valence-corrected chi connectivity index (χ1v) is 11.8. The molecule has 0 bridgehead atoms. The maximum Gasteiger partial charge on any atom is 0.291 e. The third-order valence-electron chi connectivity index (χ3n) is 8.86. The zero-order valence-electron chi connectivity index (χ0n) is 20.9. The summed E-state index contributed by atoms with van der Waals surface area (Å²) in [4.78, 5) is 0. The Bertz CT molecular complexity index is 1510. The lowest BCUT2D eigenvalue weighted by atomic mass is 9.80. The number of aryl methyl sites for hydroxylation is 3. The van der Waals surface area contributed by atoms with Gasteiger partial charge in [0.15, 0.2) is 11.4 Å². The van der Waals surface area contributed by atoms with Crippen LogP contribution in [-0.2, 0) is 11.0 Å². The Hall–Kier alpha value is -2.87. The number of fused-ring (bicyclic) bond motifs is 8. The van der Waals surface area contributed by atoms with Gasteiger partial charge in [-0.15, -0.1) is 0 Å². The fourth-order valence-electron chi connectivity index (χ4n) is 6.70. The van der Waals surface area contributed by atoms with Crippen LogP contribution in [0.1, 0.15) is 72.5 Å². The Morgan fingerprint density at radius 3 is 2.03 bits per heavy atom. The minimum atomic E-state index is -0.111. The van der Waals surface area contributed by atoms with Crippen LogP contribution < -0.4 is 4.57 Å². The van der Waals surface area contributed by atoms with E-state index in [2.05, 4.69) is 108 Å². The first-order valence-electron chi connectivity index (χ1n) is 11.8. The van der Waals surface area contributed by atoms with Gasteiger partial charge in [0, 0.05) is 29.0 Å². The second-order valence-electron chi connectivity index (χ2n) is 11.1. The standard InChI is InChI=1S/C30H33N2/c1-16-17(2)19(4)31-20(5)27-23-15-25-22(21-12-10-11-13-24(21)29(25,6)7)14-26(23)30(8,9)32(27)28(31)18(16)3/h10-15H,1-9H3/q+1. The van der Waals surface area contributed by atoms with Crippen LogP contribution in [0.3, 0.4) is 0 Å². The van der Waals surface area contributed by atoms with Crippen LogP contribution in [0, 0.1) is 34.6 Å². The molecule has 2 aliphatic rings. The van der Waals surface area contributed by atoms with Gasteiger partial charge < -0.3 is 0 Å². The molecule has 2 heteroatoms. The van der Waals surface area contributed by atoms with Crippen molar-refractivity contribution in [3.63, 3.8) is 0 Å². The lowest BCUT2D eigenvalue weighted by Crippen LogP contribution is -2.50. The highest BCUT2D eigenvalue weighted by Gasteiger charge is 2.48. The Labute approximate surface area is 191 Å². The van der Waals surface area contributed by atoms with Gasteiger partial charge in [-0.25, -0.2) is 4.57 Å². The van der Waals surface area contributed by atoms with Crippen molar-refractivity contribution >= 4 is 5.65 Å². The monoisotopic (exact) mass is 421 g/mol. The third kappa shape index (κ3) is 2.00. The van der Waals surface area contributed by atoms with Crippen molar-refractivity contribution in [3.8, 4) is 22.4 Å². The van der Waals surface area contributed by atoms with Gasteiger partial charge in [-0.05, 0) is 87.1 Å². The second kappa shape index (κ2) is 5.73. The van der Waals surface area contributed by atoms with Crippen molar-refractivity contribution in [2.24, 2.45) is 0 Å². The molecule has 1 aliphatic carbocycles. The molecule has 0 atom stereocenters. The second-order valence-corrected chi connectivity index (χ2v) is 11.1. The molecule has 6 rings (SSSR count). The van der Waals surface area contributed by atoms with E-state index >= 15 is 0 Å². The molecule has 0 spiro atoms. The maximum atomic E-state index is 2.62. The summed E-state index contributed by atoms with van der Waals surface area (Å²) in [7, 11) is 0. The Morgan fingerprint density at radius 2 is 1.31 bits per heavy atom. The summed E-state index contributed by atoms with van der Waals surface area (Å²) < 4.78 is 5.13. The van der Waals surface area contributed by atoms with E-state index < -0.39 is 0 Å². The SMILES string of the molecule is Cc1c(C)c(C)n2c(C)c3[n+](c2c1C)C(C)(C)c1cc2c(cc1-3)C(C)(C)c1ccccc1-2. The van der Waals surface area contributed by atoms with E-state index in [1.165, 1.54) is 72.8 Å². The highest BCUT2D eigenvalue weighted by atomic mass is 15.2. The van der Waals surface area contributed by atoms with E-state index in [4.69, 9.17) is 0 Å². The first-order chi connectivity index (χ1) is 15.0. The normalized spacial score (nSPS) is 16.8. The smallest absolute Gasteiger partial charge is 0.213 e. The fraction of sp³-hybridized carbons (Fsp3) is 0.367. The van der Waals surface area contributed by atoms with E-state index in [0.29, 0.717) is 0 Å². The van der Waals surface area contributed by atoms with E-state index in [0.717, 1.165) is 0 Å². The van der Waals surface area contributed by atoms with Gasteiger partial charge in [0.05, 0.1) is 0 Å². The summed E-state index contributed by atoms with van der Waals surface area (Å²) in [5, 5.41) is 0. The van der Waals surface area contributed by atoms with Gasteiger partial charge in [0.25, 0.3) is 5.65 Å². The molecule has 0 fully saturated rings. The zero-order chi connectivity index (χ0) is 22.9. The van der Waals surface area contributed by atoms with Crippen LogP contribution in [0.4, 0.5) is 0 Å². The van der Waals surface area contributed by atoms with Crippen molar-refractivity contribution in [2.75, 3.05) is 0 Å². The molecule has 0 saturated heterocycles. The molecule has 2 aromatic carbocycles. The van der Waals surface area contributed by atoms with Gasteiger partial charge in [-0.3, -0.25) is 0 Å².